The molecule has 0 aliphatic carbocycles. The molecule has 7 heteroatoms. The third-order valence-corrected chi connectivity index (χ3v) is 4.99. The number of aromatic nitrogens is 2. The van der Waals surface area contributed by atoms with Crippen molar-refractivity contribution in [2.75, 3.05) is 36.0 Å². The fourth-order valence-electron chi connectivity index (χ4n) is 4.02. The normalized spacial score (nSPS) is 32.7. The third kappa shape index (κ3) is 2.92. The number of ether oxygens (including phenoxy) is 2. The lowest BCUT2D eigenvalue weighted by Crippen LogP contribution is -2.46. The molecule has 0 saturated carbocycles. The van der Waals surface area contributed by atoms with E-state index in [9.17, 15) is 5.26 Å². The smallest absolute Gasteiger partial charge is 0.186 e. The van der Waals surface area contributed by atoms with E-state index >= 15 is 0 Å². The van der Waals surface area contributed by atoms with Crippen LogP contribution in [0.25, 0.3) is 0 Å². The largest absolute Gasteiger partial charge is 0.372 e. The minimum absolute atomic E-state index is 0.135. The number of hydrogen-bond donors (Lipinski definition) is 0. The molecule has 128 valence electrons. The highest BCUT2D eigenvalue weighted by molar-refractivity contribution is 5.61. The molecule has 2 bridgehead atoms. The number of anilines is 2. The van der Waals surface area contributed by atoms with E-state index in [1.807, 2.05) is 6.07 Å². The Bertz CT molecular complexity index is 639. The minimum Gasteiger partial charge on any atom is -0.372 e. The monoisotopic (exact) mass is 329 g/mol. The molecular weight excluding hydrogens is 306 g/mol. The third-order valence-electron chi connectivity index (χ3n) is 4.99. The fraction of sp³-hybridized carbons (Fsp3) is 0.706. The van der Waals surface area contributed by atoms with Gasteiger partial charge in [-0.2, -0.15) is 5.26 Å². The molecule has 24 heavy (non-hydrogen) atoms. The second kappa shape index (κ2) is 6.19. The van der Waals surface area contributed by atoms with E-state index in [-0.39, 0.29) is 12.2 Å². The van der Waals surface area contributed by atoms with Gasteiger partial charge < -0.3 is 19.3 Å². The van der Waals surface area contributed by atoms with Crippen molar-refractivity contribution in [2.24, 2.45) is 0 Å². The van der Waals surface area contributed by atoms with Gasteiger partial charge in [0.1, 0.15) is 6.07 Å². The molecule has 0 radical (unpaired) electrons. The van der Waals surface area contributed by atoms with Crippen molar-refractivity contribution in [3.05, 3.63) is 11.8 Å². The van der Waals surface area contributed by atoms with Gasteiger partial charge in [0.2, 0.25) is 0 Å². The van der Waals surface area contributed by atoms with Crippen LogP contribution in [0.5, 0.6) is 0 Å². The van der Waals surface area contributed by atoms with Gasteiger partial charge in [0.05, 0.1) is 30.1 Å². The summed E-state index contributed by atoms with van der Waals surface area (Å²) in [6, 6.07) is 4.20. The van der Waals surface area contributed by atoms with E-state index in [0.717, 1.165) is 50.5 Å². The van der Waals surface area contributed by atoms with Crippen LogP contribution in [-0.4, -0.2) is 60.8 Å². The van der Waals surface area contributed by atoms with Crippen LogP contribution < -0.4 is 9.80 Å². The molecule has 3 saturated heterocycles. The summed E-state index contributed by atoms with van der Waals surface area (Å²) >= 11 is 0. The first-order chi connectivity index (χ1) is 11.6. The summed E-state index contributed by atoms with van der Waals surface area (Å²) in [4.78, 5) is 4.45. The van der Waals surface area contributed by atoms with Crippen molar-refractivity contribution in [1.82, 2.24) is 10.2 Å². The summed E-state index contributed by atoms with van der Waals surface area (Å²) in [6.45, 7) is 7.35. The van der Waals surface area contributed by atoms with Crippen LogP contribution in [0, 0.1) is 11.3 Å². The molecule has 0 N–H and O–H groups in total. The second-order valence-electron chi connectivity index (χ2n) is 7.07. The Hall–Kier alpha value is -1.91. The Morgan fingerprint density at radius 1 is 1.00 bits per heavy atom. The number of nitrogens with zero attached hydrogens (tertiary/aromatic N) is 5. The van der Waals surface area contributed by atoms with Crippen molar-refractivity contribution < 1.29 is 9.47 Å². The van der Waals surface area contributed by atoms with Gasteiger partial charge in [0, 0.05) is 32.2 Å². The topological polar surface area (TPSA) is 74.5 Å². The number of nitriles is 1. The van der Waals surface area contributed by atoms with Gasteiger partial charge in [-0.15, -0.1) is 10.2 Å². The highest BCUT2D eigenvalue weighted by atomic mass is 16.5. The molecule has 0 amide bonds. The Labute approximate surface area is 142 Å². The number of fused-ring (bicyclic) bond motifs is 2. The summed E-state index contributed by atoms with van der Waals surface area (Å²) in [5, 5.41) is 17.9. The lowest BCUT2D eigenvalue weighted by atomic mass is 10.2. The molecule has 4 unspecified atom stereocenters. The fourth-order valence-corrected chi connectivity index (χ4v) is 4.02. The first kappa shape index (κ1) is 15.6. The molecule has 3 aliphatic rings. The maximum atomic E-state index is 9.43. The van der Waals surface area contributed by atoms with E-state index < -0.39 is 0 Å². The number of hydrogen-bond acceptors (Lipinski definition) is 7. The molecule has 4 heterocycles. The van der Waals surface area contributed by atoms with Crippen LogP contribution in [0.1, 0.15) is 32.4 Å². The van der Waals surface area contributed by atoms with Crippen molar-refractivity contribution in [3.8, 4) is 6.07 Å². The summed E-state index contributed by atoms with van der Waals surface area (Å²) in [5.41, 5.74) is 1.25. The summed E-state index contributed by atoms with van der Waals surface area (Å²) in [5.74, 6) is 0.844. The maximum Gasteiger partial charge on any atom is 0.186 e. The van der Waals surface area contributed by atoms with Crippen molar-refractivity contribution in [1.29, 1.82) is 5.26 Å². The molecule has 4 rings (SSSR count). The van der Waals surface area contributed by atoms with Gasteiger partial charge in [-0.25, -0.2) is 0 Å². The predicted octanol–water partition coefficient (Wildman–Crippen LogP) is 1.33. The standard InChI is InChI=1S/C17H23N5O2/c1-11-7-21(8-12(2)23-11)16-5-17(20-19-15(16)6-18)22-9-13-3-4-14(10-22)24-13/h5,11-14H,3-4,7-10H2,1-2H3. The molecule has 1 aromatic heterocycles. The van der Waals surface area contributed by atoms with E-state index in [2.05, 4.69) is 39.9 Å². The van der Waals surface area contributed by atoms with Gasteiger partial charge in [0.15, 0.2) is 11.5 Å². The highest BCUT2D eigenvalue weighted by Crippen LogP contribution is 2.31. The van der Waals surface area contributed by atoms with E-state index in [1.165, 1.54) is 0 Å². The summed E-state index contributed by atoms with van der Waals surface area (Å²) in [6.07, 6.45) is 3.11. The zero-order valence-corrected chi connectivity index (χ0v) is 14.2. The Morgan fingerprint density at radius 3 is 2.29 bits per heavy atom. The highest BCUT2D eigenvalue weighted by Gasteiger charge is 2.35. The van der Waals surface area contributed by atoms with E-state index in [0.29, 0.717) is 17.9 Å². The Balaban J connectivity index is 1.62. The van der Waals surface area contributed by atoms with E-state index in [1.54, 1.807) is 0 Å². The average molecular weight is 329 g/mol. The zero-order valence-electron chi connectivity index (χ0n) is 14.2. The van der Waals surface area contributed by atoms with Gasteiger partial charge in [-0.1, -0.05) is 0 Å². The summed E-state index contributed by atoms with van der Waals surface area (Å²) < 4.78 is 11.7. The quantitative estimate of drug-likeness (QED) is 0.810. The zero-order chi connectivity index (χ0) is 16.7. The van der Waals surface area contributed by atoms with Crippen molar-refractivity contribution in [3.63, 3.8) is 0 Å². The van der Waals surface area contributed by atoms with E-state index in [4.69, 9.17) is 9.47 Å². The molecule has 4 atom stereocenters. The number of morpholine rings is 2. The minimum atomic E-state index is 0.135. The molecule has 0 spiro atoms. The molecule has 0 aromatic carbocycles. The van der Waals surface area contributed by atoms with Crippen LogP contribution in [-0.2, 0) is 9.47 Å². The average Bonchev–Trinajstić information content (AvgIpc) is 2.91. The molecule has 3 fully saturated rings. The Kier molecular flexibility index (Phi) is 4.02. The molecular formula is C17H23N5O2. The molecule has 7 nitrogen and oxygen atoms in total. The molecule has 1 aromatic rings. The maximum absolute atomic E-state index is 9.43. The molecule has 3 aliphatic heterocycles. The van der Waals surface area contributed by atoms with Gasteiger partial charge in [0.25, 0.3) is 0 Å². The lowest BCUT2D eigenvalue weighted by molar-refractivity contribution is -0.00525. The second-order valence-corrected chi connectivity index (χ2v) is 7.07. The van der Waals surface area contributed by atoms with Crippen LogP contribution >= 0.6 is 0 Å². The SMILES string of the molecule is CC1CN(c2cc(N3CC4CCC(C3)O4)nnc2C#N)CC(C)O1. The Morgan fingerprint density at radius 2 is 1.67 bits per heavy atom. The first-order valence-corrected chi connectivity index (χ1v) is 8.71. The number of rotatable bonds is 2. The van der Waals surface area contributed by atoms with Gasteiger partial charge in [-0.05, 0) is 26.7 Å². The van der Waals surface area contributed by atoms with Crippen LogP contribution in [0.2, 0.25) is 0 Å². The van der Waals surface area contributed by atoms with Gasteiger partial charge >= 0.3 is 0 Å². The van der Waals surface area contributed by atoms with Crippen molar-refractivity contribution in [2.45, 2.75) is 51.1 Å². The van der Waals surface area contributed by atoms with Crippen LogP contribution in [0.3, 0.4) is 0 Å². The lowest BCUT2D eigenvalue weighted by Gasteiger charge is -2.37. The van der Waals surface area contributed by atoms with Gasteiger partial charge in [-0.3, -0.25) is 0 Å². The first-order valence-electron chi connectivity index (χ1n) is 8.71. The predicted molar refractivity (Wildman–Crippen MR) is 89.1 cm³/mol. The van der Waals surface area contributed by atoms with Crippen LogP contribution in [0.15, 0.2) is 6.07 Å². The summed E-state index contributed by atoms with van der Waals surface area (Å²) in [7, 11) is 0. The van der Waals surface area contributed by atoms with Crippen molar-refractivity contribution >= 4 is 11.5 Å². The van der Waals surface area contributed by atoms with Crippen LogP contribution in [0.4, 0.5) is 11.5 Å².